The summed E-state index contributed by atoms with van der Waals surface area (Å²) < 4.78 is 5.59. The van der Waals surface area contributed by atoms with Crippen LogP contribution >= 0.6 is 24.0 Å². The molecule has 0 saturated heterocycles. The number of aliphatic imine (C=N–C) groups is 1. The molecule has 0 spiro atoms. The third-order valence-electron chi connectivity index (χ3n) is 4.26. The molecule has 7 heteroatoms. The number of rotatable bonds is 8. The van der Waals surface area contributed by atoms with Crippen LogP contribution in [0.2, 0.25) is 0 Å². The van der Waals surface area contributed by atoms with Crippen molar-refractivity contribution >= 4 is 35.6 Å². The molecule has 1 aromatic heterocycles. The summed E-state index contributed by atoms with van der Waals surface area (Å²) in [6.07, 6.45) is 2.66. The van der Waals surface area contributed by atoms with Crippen LogP contribution < -0.4 is 16.0 Å². The van der Waals surface area contributed by atoms with Gasteiger partial charge in [0.1, 0.15) is 6.26 Å². The van der Waals surface area contributed by atoms with Crippen molar-refractivity contribution in [2.75, 3.05) is 25.5 Å². The van der Waals surface area contributed by atoms with Crippen LogP contribution in [-0.4, -0.2) is 31.1 Å². The molecule has 1 heterocycles. The molecule has 3 rings (SSSR count). The first-order valence-corrected chi connectivity index (χ1v) is 9.49. The van der Waals surface area contributed by atoms with Crippen LogP contribution in [0.5, 0.6) is 0 Å². The molecular weight excluding hydrogens is 477 g/mol. The number of nitrogens with one attached hydrogen (secondary N) is 3. The number of hydrogen-bond donors (Lipinski definition) is 3. The first kappa shape index (κ1) is 22.7. The third-order valence-corrected chi connectivity index (χ3v) is 4.26. The Morgan fingerprint density at radius 2 is 1.76 bits per heavy atom. The molecular formula is C22H28IN5O. The zero-order valence-electron chi connectivity index (χ0n) is 16.8. The molecule has 0 aliphatic rings. The molecule has 0 bridgehead atoms. The van der Waals surface area contributed by atoms with Gasteiger partial charge in [0, 0.05) is 31.4 Å². The molecule has 0 saturated carbocycles. The Hall–Kier alpha value is -2.55. The fraction of sp³-hybridized carbons (Fsp3) is 0.273. The van der Waals surface area contributed by atoms with Crippen LogP contribution in [0.25, 0.3) is 11.5 Å². The van der Waals surface area contributed by atoms with E-state index < -0.39 is 0 Å². The second kappa shape index (κ2) is 12.1. The van der Waals surface area contributed by atoms with Gasteiger partial charge in [0.15, 0.2) is 5.96 Å². The molecule has 6 nitrogen and oxygen atoms in total. The van der Waals surface area contributed by atoms with Crippen molar-refractivity contribution in [3.05, 3.63) is 72.1 Å². The summed E-state index contributed by atoms with van der Waals surface area (Å²) in [6, 6.07) is 18.3. The number of nitrogens with zero attached hydrogens (tertiary/aromatic N) is 2. The Bertz CT molecular complexity index is 878. The van der Waals surface area contributed by atoms with Crippen molar-refractivity contribution in [1.29, 1.82) is 0 Å². The highest BCUT2D eigenvalue weighted by Crippen LogP contribution is 2.18. The Morgan fingerprint density at radius 1 is 1.00 bits per heavy atom. The molecule has 0 unspecified atom stereocenters. The number of aryl methyl sites for hydroxylation is 1. The maximum Gasteiger partial charge on any atom is 0.226 e. The predicted octanol–water partition coefficient (Wildman–Crippen LogP) is 4.44. The van der Waals surface area contributed by atoms with Gasteiger partial charge >= 0.3 is 0 Å². The number of oxazole rings is 1. The first-order chi connectivity index (χ1) is 13.7. The minimum Gasteiger partial charge on any atom is -0.444 e. The molecule has 29 heavy (non-hydrogen) atoms. The van der Waals surface area contributed by atoms with E-state index >= 15 is 0 Å². The summed E-state index contributed by atoms with van der Waals surface area (Å²) in [6.45, 7) is 4.34. The van der Waals surface area contributed by atoms with E-state index in [-0.39, 0.29) is 24.0 Å². The normalized spacial score (nSPS) is 10.9. The first-order valence-electron chi connectivity index (χ1n) is 9.49. The molecule has 0 aliphatic carbocycles. The monoisotopic (exact) mass is 505 g/mol. The van der Waals surface area contributed by atoms with E-state index in [4.69, 9.17) is 4.42 Å². The Morgan fingerprint density at radius 3 is 2.48 bits per heavy atom. The Kier molecular flexibility index (Phi) is 9.49. The summed E-state index contributed by atoms with van der Waals surface area (Å²) in [5, 5.41) is 9.97. The van der Waals surface area contributed by atoms with Gasteiger partial charge in [0.05, 0.1) is 12.2 Å². The second-order valence-electron chi connectivity index (χ2n) is 6.51. The summed E-state index contributed by atoms with van der Waals surface area (Å²) in [7, 11) is 1.76. The fourth-order valence-electron chi connectivity index (χ4n) is 2.70. The van der Waals surface area contributed by atoms with Gasteiger partial charge < -0.3 is 20.4 Å². The lowest BCUT2D eigenvalue weighted by atomic mass is 10.1. The average molecular weight is 505 g/mol. The number of halogens is 1. The minimum absolute atomic E-state index is 0. The Balaban J connectivity index is 0.00000300. The highest BCUT2D eigenvalue weighted by Gasteiger charge is 2.07. The highest BCUT2D eigenvalue weighted by atomic mass is 127. The lowest BCUT2D eigenvalue weighted by molar-refractivity contribution is 0.572. The van der Waals surface area contributed by atoms with Crippen LogP contribution in [-0.2, 0) is 6.54 Å². The van der Waals surface area contributed by atoms with Crippen molar-refractivity contribution in [2.45, 2.75) is 19.9 Å². The van der Waals surface area contributed by atoms with E-state index in [1.807, 2.05) is 30.3 Å². The number of para-hydroxylation sites is 1. The second-order valence-corrected chi connectivity index (χ2v) is 6.51. The third kappa shape index (κ3) is 7.41. The largest absolute Gasteiger partial charge is 0.444 e. The van der Waals surface area contributed by atoms with Gasteiger partial charge in [-0.3, -0.25) is 4.99 Å². The molecule has 0 aliphatic heterocycles. The number of guanidine groups is 1. The molecule has 0 radical (unpaired) electrons. The van der Waals surface area contributed by atoms with Gasteiger partial charge in [-0.25, -0.2) is 4.98 Å². The topological polar surface area (TPSA) is 74.5 Å². The molecule has 2 aromatic carbocycles. The van der Waals surface area contributed by atoms with E-state index in [2.05, 4.69) is 57.1 Å². The van der Waals surface area contributed by atoms with Crippen molar-refractivity contribution in [1.82, 2.24) is 15.6 Å². The maximum atomic E-state index is 5.59. The van der Waals surface area contributed by atoms with Crippen molar-refractivity contribution in [3.8, 4) is 11.5 Å². The van der Waals surface area contributed by atoms with E-state index in [0.717, 1.165) is 42.4 Å². The van der Waals surface area contributed by atoms with Crippen LogP contribution in [0.3, 0.4) is 0 Å². The molecule has 0 atom stereocenters. The van der Waals surface area contributed by atoms with Crippen LogP contribution in [0.15, 0.2) is 70.3 Å². The van der Waals surface area contributed by atoms with Crippen molar-refractivity contribution in [3.63, 3.8) is 0 Å². The lowest BCUT2D eigenvalue weighted by Crippen LogP contribution is -2.37. The smallest absolute Gasteiger partial charge is 0.226 e. The quantitative estimate of drug-likeness (QED) is 0.183. The molecule has 0 fully saturated rings. The molecule has 0 amide bonds. The van der Waals surface area contributed by atoms with Crippen molar-refractivity contribution < 1.29 is 4.42 Å². The summed E-state index contributed by atoms with van der Waals surface area (Å²) in [4.78, 5) is 8.79. The summed E-state index contributed by atoms with van der Waals surface area (Å²) in [5.74, 6) is 1.38. The summed E-state index contributed by atoms with van der Waals surface area (Å²) in [5.41, 5.74) is 4.17. The van der Waals surface area contributed by atoms with Gasteiger partial charge in [-0.1, -0.05) is 35.9 Å². The van der Waals surface area contributed by atoms with Crippen LogP contribution in [0, 0.1) is 6.92 Å². The molecule has 154 valence electrons. The number of hydrogen-bond acceptors (Lipinski definition) is 4. The standard InChI is InChI=1S/C22H27N5O.HI/c1-17-9-11-18(12-10-17)21-27-20(16-28-21)15-26-22(23-2)25-14-6-13-24-19-7-4-3-5-8-19;/h3-5,7-12,16,24H,6,13-15H2,1-2H3,(H2,23,25,26);1H. The fourth-order valence-corrected chi connectivity index (χ4v) is 2.70. The van der Waals surface area contributed by atoms with Crippen LogP contribution in [0.1, 0.15) is 17.7 Å². The minimum atomic E-state index is 0. The van der Waals surface area contributed by atoms with Gasteiger partial charge in [0.2, 0.25) is 5.89 Å². The highest BCUT2D eigenvalue weighted by molar-refractivity contribution is 14.0. The zero-order valence-corrected chi connectivity index (χ0v) is 19.1. The van der Waals surface area contributed by atoms with Gasteiger partial charge in [-0.2, -0.15) is 0 Å². The maximum absolute atomic E-state index is 5.59. The van der Waals surface area contributed by atoms with E-state index in [1.165, 1.54) is 5.56 Å². The lowest BCUT2D eigenvalue weighted by Gasteiger charge is -2.11. The van der Waals surface area contributed by atoms with E-state index in [9.17, 15) is 0 Å². The number of anilines is 1. The number of aromatic nitrogens is 1. The predicted molar refractivity (Wildman–Crippen MR) is 130 cm³/mol. The van der Waals surface area contributed by atoms with E-state index in [1.54, 1.807) is 13.3 Å². The Labute approximate surface area is 189 Å². The SMILES string of the molecule is CN=C(NCCCNc1ccccc1)NCc1coc(-c2ccc(C)cc2)n1.I. The van der Waals surface area contributed by atoms with Gasteiger partial charge in [-0.05, 0) is 37.6 Å². The molecule has 3 aromatic rings. The van der Waals surface area contributed by atoms with Gasteiger partial charge in [-0.15, -0.1) is 24.0 Å². The number of benzene rings is 2. The summed E-state index contributed by atoms with van der Waals surface area (Å²) >= 11 is 0. The van der Waals surface area contributed by atoms with Crippen LogP contribution in [0.4, 0.5) is 5.69 Å². The van der Waals surface area contributed by atoms with E-state index in [0.29, 0.717) is 12.4 Å². The zero-order chi connectivity index (χ0) is 19.6. The van der Waals surface area contributed by atoms with Gasteiger partial charge in [0.25, 0.3) is 0 Å². The molecule has 3 N–H and O–H groups in total. The average Bonchev–Trinajstić information content (AvgIpc) is 3.20. The van der Waals surface area contributed by atoms with Crippen molar-refractivity contribution in [2.24, 2.45) is 4.99 Å².